The Hall–Kier alpha value is -1.45. The molecule has 0 fully saturated rings. The standard InChI is InChI=1S/C14H13Cl2F3N4OS/c1-3-22(4-2)13(24)23-7-10(16)12(21-23)25-11-9(15)5-8(6-20-11)14(17,18)19/h5-7H,3-4H2,1-2H3. The summed E-state index contributed by atoms with van der Waals surface area (Å²) in [5, 5.41) is 4.39. The number of aromatic nitrogens is 3. The highest BCUT2D eigenvalue weighted by Crippen LogP contribution is 2.37. The maximum absolute atomic E-state index is 12.6. The second-order valence-electron chi connectivity index (χ2n) is 4.79. The van der Waals surface area contributed by atoms with E-state index in [-0.39, 0.29) is 26.1 Å². The van der Waals surface area contributed by atoms with Crippen molar-refractivity contribution < 1.29 is 18.0 Å². The van der Waals surface area contributed by atoms with E-state index in [2.05, 4.69) is 10.1 Å². The van der Waals surface area contributed by atoms with Gasteiger partial charge in [0.15, 0.2) is 0 Å². The number of alkyl halides is 3. The number of carbonyl (C=O) groups excluding carboxylic acids is 1. The van der Waals surface area contributed by atoms with E-state index in [1.54, 1.807) is 4.90 Å². The third-order valence-corrected chi connectivity index (χ3v) is 5.00. The van der Waals surface area contributed by atoms with Crippen LogP contribution in [0, 0.1) is 0 Å². The summed E-state index contributed by atoms with van der Waals surface area (Å²) in [5.74, 6) is 0. The number of halogens is 5. The van der Waals surface area contributed by atoms with Gasteiger partial charge in [0.1, 0.15) is 10.1 Å². The highest BCUT2D eigenvalue weighted by Gasteiger charge is 2.31. The zero-order valence-corrected chi connectivity index (χ0v) is 15.5. The fourth-order valence-corrected chi connectivity index (χ4v) is 3.14. The van der Waals surface area contributed by atoms with Crippen molar-refractivity contribution in [2.24, 2.45) is 0 Å². The molecule has 11 heteroatoms. The van der Waals surface area contributed by atoms with Gasteiger partial charge in [-0.1, -0.05) is 23.2 Å². The van der Waals surface area contributed by atoms with Gasteiger partial charge < -0.3 is 4.90 Å². The molecule has 0 spiro atoms. The Morgan fingerprint density at radius 1 is 1.24 bits per heavy atom. The van der Waals surface area contributed by atoms with E-state index in [1.807, 2.05) is 13.8 Å². The molecule has 0 aliphatic rings. The zero-order valence-electron chi connectivity index (χ0n) is 13.1. The molecule has 0 atom stereocenters. The first-order valence-electron chi connectivity index (χ1n) is 7.12. The fraction of sp³-hybridized carbons (Fsp3) is 0.357. The van der Waals surface area contributed by atoms with Crippen LogP contribution in [0.1, 0.15) is 19.4 Å². The maximum atomic E-state index is 12.6. The lowest BCUT2D eigenvalue weighted by molar-refractivity contribution is -0.137. The van der Waals surface area contributed by atoms with Crippen molar-refractivity contribution in [2.45, 2.75) is 30.1 Å². The molecule has 1 amide bonds. The monoisotopic (exact) mass is 412 g/mol. The van der Waals surface area contributed by atoms with Crippen LogP contribution in [0.3, 0.4) is 0 Å². The molecule has 2 heterocycles. The van der Waals surface area contributed by atoms with E-state index in [4.69, 9.17) is 23.2 Å². The van der Waals surface area contributed by atoms with Crippen LogP contribution in [0.2, 0.25) is 10.0 Å². The van der Waals surface area contributed by atoms with E-state index >= 15 is 0 Å². The molecule has 0 radical (unpaired) electrons. The molecular formula is C14H13Cl2F3N4OS. The SMILES string of the molecule is CCN(CC)C(=O)n1cc(Cl)c(Sc2ncc(C(F)(F)F)cc2Cl)n1. The number of nitrogens with zero attached hydrogens (tertiary/aromatic N) is 4. The van der Waals surface area contributed by atoms with Crippen LogP contribution in [0.15, 0.2) is 28.5 Å². The van der Waals surface area contributed by atoms with E-state index in [1.165, 1.54) is 6.20 Å². The summed E-state index contributed by atoms with van der Waals surface area (Å²) in [7, 11) is 0. The first-order valence-corrected chi connectivity index (χ1v) is 8.69. The molecule has 2 aromatic heterocycles. The van der Waals surface area contributed by atoms with Crippen LogP contribution in [-0.2, 0) is 6.18 Å². The molecule has 0 N–H and O–H groups in total. The smallest absolute Gasteiger partial charge is 0.323 e. The first kappa shape index (κ1) is 19.9. The minimum Gasteiger partial charge on any atom is -0.323 e. The van der Waals surface area contributed by atoms with Crippen molar-refractivity contribution in [3.63, 3.8) is 0 Å². The second kappa shape index (κ2) is 7.84. The Balaban J connectivity index is 2.26. The predicted octanol–water partition coefficient (Wildman–Crippen LogP) is 5.06. The van der Waals surface area contributed by atoms with Gasteiger partial charge in [-0.25, -0.2) is 9.78 Å². The van der Waals surface area contributed by atoms with Gasteiger partial charge in [-0.3, -0.25) is 0 Å². The van der Waals surface area contributed by atoms with Gasteiger partial charge in [-0.05, 0) is 31.7 Å². The van der Waals surface area contributed by atoms with Crippen molar-refractivity contribution in [3.05, 3.63) is 34.1 Å². The lowest BCUT2D eigenvalue weighted by Gasteiger charge is -2.17. The quantitative estimate of drug-likeness (QED) is 0.703. The number of hydrogen-bond acceptors (Lipinski definition) is 4. The Labute approximate surface area is 156 Å². The average molecular weight is 413 g/mol. The molecule has 2 rings (SSSR count). The first-order chi connectivity index (χ1) is 11.7. The Morgan fingerprint density at radius 3 is 2.40 bits per heavy atom. The third kappa shape index (κ3) is 4.59. The van der Waals surface area contributed by atoms with Gasteiger partial charge in [0, 0.05) is 19.3 Å². The van der Waals surface area contributed by atoms with Gasteiger partial charge in [-0.2, -0.15) is 23.0 Å². The minimum atomic E-state index is -4.53. The van der Waals surface area contributed by atoms with Gasteiger partial charge in [0.25, 0.3) is 0 Å². The van der Waals surface area contributed by atoms with Crippen LogP contribution in [0.4, 0.5) is 18.0 Å². The summed E-state index contributed by atoms with van der Waals surface area (Å²) in [6, 6.07) is 0.424. The number of rotatable bonds is 4. The molecule has 0 saturated heterocycles. The van der Waals surface area contributed by atoms with Crippen molar-refractivity contribution in [1.82, 2.24) is 19.7 Å². The molecule has 0 bridgehead atoms. The van der Waals surface area contributed by atoms with Crippen LogP contribution in [0.25, 0.3) is 0 Å². The second-order valence-corrected chi connectivity index (χ2v) is 6.58. The molecule has 0 aliphatic carbocycles. The minimum absolute atomic E-state index is 0.108. The summed E-state index contributed by atoms with van der Waals surface area (Å²) >= 11 is 12.8. The highest BCUT2D eigenvalue weighted by atomic mass is 35.5. The molecule has 0 unspecified atom stereocenters. The Morgan fingerprint density at radius 2 is 1.88 bits per heavy atom. The van der Waals surface area contributed by atoms with E-state index < -0.39 is 11.7 Å². The lowest BCUT2D eigenvalue weighted by Crippen LogP contribution is -2.34. The molecule has 5 nitrogen and oxygen atoms in total. The highest BCUT2D eigenvalue weighted by molar-refractivity contribution is 7.99. The number of pyridine rings is 1. The number of amides is 1. The maximum Gasteiger partial charge on any atom is 0.417 e. The predicted molar refractivity (Wildman–Crippen MR) is 89.3 cm³/mol. The molecule has 0 aromatic carbocycles. The van der Waals surface area contributed by atoms with E-state index in [0.29, 0.717) is 19.3 Å². The average Bonchev–Trinajstić information content (AvgIpc) is 2.90. The number of hydrogen-bond donors (Lipinski definition) is 0. The van der Waals surface area contributed by atoms with Crippen LogP contribution in [0.5, 0.6) is 0 Å². The van der Waals surface area contributed by atoms with Crippen molar-refractivity contribution in [3.8, 4) is 0 Å². The molecular weight excluding hydrogens is 400 g/mol. The van der Waals surface area contributed by atoms with Crippen LogP contribution < -0.4 is 0 Å². The Bertz CT molecular complexity index is 778. The van der Waals surface area contributed by atoms with Gasteiger partial charge in [0.05, 0.1) is 21.8 Å². The summed E-state index contributed by atoms with van der Waals surface area (Å²) in [4.78, 5) is 17.5. The molecule has 0 aliphatic heterocycles. The van der Waals surface area contributed by atoms with E-state index in [9.17, 15) is 18.0 Å². The summed E-state index contributed by atoms with van der Waals surface area (Å²) in [6.07, 6.45) is -2.52. The fourth-order valence-electron chi connectivity index (χ4n) is 1.89. The topological polar surface area (TPSA) is 51.0 Å². The van der Waals surface area contributed by atoms with Gasteiger partial charge in [-0.15, -0.1) is 0 Å². The van der Waals surface area contributed by atoms with Crippen molar-refractivity contribution in [2.75, 3.05) is 13.1 Å². The molecule has 2 aromatic rings. The van der Waals surface area contributed by atoms with E-state index in [0.717, 1.165) is 22.5 Å². The summed E-state index contributed by atoms with van der Waals surface area (Å²) < 4.78 is 39.0. The summed E-state index contributed by atoms with van der Waals surface area (Å²) in [6.45, 7) is 4.66. The normalized spacial score (nSPS) is 11.6. The van der Waals surface area contributed by atoms with Gasteiger partial charge >= 0.3 is 12.2 Å². The third-order valence-electron chi connectivity index (χ3n) is 3.20. The number of carbonyl (C=O) groups is 1. The molecule has 0 saturated carbocycles. The molecule has 25 heavy (non-hydrogen) atoms. The summed E-state index contributed by atoms with van der Waals surface area (Å²) in [5.41, 5.74) is -0.949. The Kier molecular flexibility index (Phi) is 6.23. The van der Waals surface area contributed by atoms with Gasteiger partial charge in [0.2, 0.25) is 0 Å². The van der Waals surface area contributed by atoms with Crippen LogP contribution in [-0.4, -0.2) is 38.8 Å². The van der Waals surface area contributed by atoms with Crippen molar-refractivity contribution in [1.29, 1.82) is 0 Å². The van der Waals surface area contributed by atoms with Crippen LogP contribution >= 0.6 is 35.0 Å². The largest absolute Gasteiger partial charge is 0.417 e. The lowest BCUT2D eigenvalue weighted by atomic mass is 10.3. The van der Waals surface area contributed by atoms with Crippen molar-refractivity contribution >= 4 is 41.0 Å². The zero-order chi connectivity index (χ0) is 18.8. The molecule has 136 valence electrons.